The van der Waals surface area contributed by atoms with E-state index in [0.717, 1.165) is 18.0 Å². The van der Waals surface area contributed by atoms with Gasteiger partial charge in [-0.15, -0.1) is 0 Å². The largest absolute Gasteiger partial charge is 0.368 e. The minimum absolute atomic E-state index is 0.150. The van der Waals surface area contributed by atoms with Crippen molar-refractivity contribution in [3.63, 3.8) is 0 Å². The number of amides is 1. The zero-order chi connectivity index (χ0) is 20.1. The van der Waals surface area contributed by atoms with Crippen LogP contribution in [0.4, 0.5) is 14.6 Å². The van der Waals surface area contributed by atoms with Crippen LogP contribution in [0.1, 0.15) is 17.2 Å². The molecule has 0 bridgehead atoms. The zero-order valence-corrected chi connectivity index (χ0v) is 15.5. The first-order chi connectivity index (χ1) is 13.4. The summed E-state index contributed by atoms with van der Waals surface area (Å²) >= 11 is 0. The van der Waals surface area contributed by atoms with Gasteiger partial charge < -0.3 is 10.6 Å². The van der Waals surface area contributed by atoms with Crippen LogP contribution >= 0.6 is 0 Å². The number of aromatic nitrogens is 4. The fourth-order valence-electron chi connectivity index (χ4n) is 2.68. The lowest BCUT2D eigenvalue weighted by molar-refractivity contribution is -0.120. The third-order valence-electron chi connectivity index (χ3n) is 4.02. The van der Waals surface area contributed by atoms with Gasteiger partial charge in [-0.1, -0.05) is 6.07 Å². The number of nitrogens with zero attached hydrogens (tertiary/aromatic N) is 4. The first kappa shape index (κ1) is 19.4. The summed E-state index contributed by atoms with van der Waals surface area (Å²) in [6.45, 7) is 4.42. The molecule has 0 fully saturated rings. The Morgan fingerprint density at radius 2 is 1.96 bits per heavy atom. The third-order valence-corrected chi connectivity index (χ3v) is 4.02. The standard InChI is InChI=1S/C19H20F2N6O/c1-12-25-17(11-18(26-12)27-8-7-22-13(27)2)23-5-6-24-19(28)9-14-3-4-15(20)10-16(14)21/h3-4,7-8,10-11H,5-6,9H2,1-2H3,(H,24,28)(H,23,25,26). The van der Waals surface area contributed by atoms with E-state index < -0.39 is 11.6 Å². The van der Waals surface area contributed by atoms with Crippen molar-refractivity contribution < 1.29 is 13.6 Å². The molecular formula is C19H20F2N6O. The van der Waals surface area contributed by atoms with Crippen molar-refractivity contribution >= 4 is 11.7 Å². The molecule has 2 aromatic heterocycles. The van der Waals surface area contributed by atoms with E-state index in [2.05, 4.69) is 25.6 Å². The highest BCUT2D eigenvalue weighted by molar-refractivity contribution is 5.78. The van der Waals surface area contributed by atoms with E-state index in [1.807, 2.05) is 17.7 Å². The lowest BCUT2D eigenvalue weighted by Crippen LogP contribution is -2.30. The van der Waals surface area contributed by atoms with E-state index in [9.17, 15) is 13.6 Å². The van der Waals surface area contributed by atoms with E-state index >= 15 is 0 Å². The Balaban J connectivity index is 1.52. The van der Waals surface area contributed by atoms with Crippen LogP contribution in [0.25, 0.3) is 5.82 Å². The fourth-order valence-corrected chi connectivity index (χ4v) is 2.68. The zero-order valence-electron chi connectivity index (χ0n) is 15.5. The molecule has 1 amide bonds. The average molecular weight is 386 g/mol. The minimum atomic E-state index is -0.730. The van der Waals surface area contributed by atoms with Crippen LogP contribution in [-0.4, -0.2) is 38.5 Å². The molecule has 3 aromatic rings. The summed E-state index contributed by atoms with van der Waals surface area (Å²) in [5, 5.41) is 5.81. The molecule has 0 aliphatic rings. The quantitative estimate of drug-likeness (QED) is 0.609. The van der Waals surface area contributed by atoms with Gasteiger partial charge in [0.2, 0.25) is 5.91 Å². The maximum Gasteiger partial charge on any atom is 0.224 e. The van der Waals surface area contributed by atoms with Crippen molar-refractivity contribution in [3.05, 3.63) is 65.5 Å². The van der Waals surface area contributed by atoms with Crippen LogP contribution in [0.15, 0.2) is 36.7 Å². The third kappa shape index (κ3) is 4.87. The Hall–Kier alpha value is -3.36. The summed E-state index contributed by atoms with van der Waals surface area (Å²) in [7, 11) is 0. The Morgan fingerprint density at radius 3 is 2.68 bits per heavy atom. The number of rotatable bonds is 7. The van der Waals surface area contributed by atoms with E-state index in [4.69, 9.17) is 0 Å². The number of imidazole rings is 1. The lowest BCUT2D eigenvalue weighted by atomic mass is 10.1. The van der Waals surface area contributed by atoms with Crippen LogP contribution in [0.3, 0.4) is 0 Å². The Kier molecular flexibility index (Phi) is 5.93. The average Bonchev–Trinajstić information content (AvgIpc) is 3.07. The summed E-state index contributed by atoms with van der Waals surface area (Å²) in [6.07, 6.45) is 3.36. The van der Waals surface area contributed by atoms with Crippen LogP contribution < -0.4 is 10.6 Å². The van der Waals surface area contributed by atoms with Crippen LogP contribution in [0.5, 0.6) is 0 Å². The van der Waals surface area contributed by atoms with Crippen molar-refractivity contribution in [2.75, 3.05) is 18.4 Å². The van der Waals surface area contributed by atoms with Gasteiger partial charge >= 0.3 is 0 Å². The van der Waals surface area contributed by atoms with Gasteiger partial charge in [-0.3, -0.25) is 9.36 Å². The molecule has 3 rings (SSSR count). The first-order valence-electron chi connectivity index (χ1n) is 8.73. The Labute approximate surface area is 160 Å². The molecule has 28 heavy (non-hydrogen) atoms. The highest BCUT2D eigenvalue weighted by Crippen LogP contribution is 2.13. The van der Waals surface area contributed by atoms with Gasteiger partial charge in [0.25, 0.3) is 0 Å². The second-order valence-corrected chi connectivity index (χ2v) is 6.19. The number of carbonyl (C=O) groups excluding carboxylic acids is 1. The monoisotopic (exact) mass is 386 g/mol. The Bertz CT molecular complexity index is 988. The molecule has 0 radical (unpaired) electrons. The maximum absolute atomic E-state index is 13.6. The van der Waals surface area contributed by atoms with Gasteiger partial charge in [-0.05, 0) is 25.5 Å². The highest BCUT2D eigenvalue weighted by atomic mass is 19.1. The molecule has 7 nitrogen and oxygen atoms in total. The summed E-state index contributed by atoms with van der Waals surface area (Å²) < 4.78 is 28.3. The lowest BCUT2D eigenvalue weighted by Gasteiger charge is -2.11. The molecule has 0 saturated heterocycles. The van der Waals surface area contributed by atoms with Gasteiger partial charge in [0.15, 0.2) is 0 Å². The summed E-state index contributed by atoms with van der Waals surface area (Å²) in [4.78, 5) is 24.8. The van der Waals surface area contributed by atoms with E-state index in [1.54, 1.807) is 19.2 Å². The topological polar surface area (TPSA) is 84.7 Å². The number of nitrogens with one attached hydrogen (secondary N) is 2. The number of benzene rings is 1. The van der Waals surface area contributed by atoms with Gasteiger partial charge in [0, 0.05) is 37.6 Å². The predicted molar refractivity (Wildman–Crippen MR) is 100 cm³/mol. The smallest absolute Gasteiger partial charge is 0.224 e. The maximum atomic E-state index is 13.6. The molecule has 9 heteroatoms. The van der Waals surface area contributed by atoms with Gasteiger partial charge in [0.05, 0.1) is 6.42 Å². The molecule has 0 aliphatic heterocycles. The number of anilines is 1. The fraction of sp³-hybridized carbons (Fsp3) is 0.263. The van der Waals surface area contributed by atoms with Gasteiger partial charge in [-0.25, -0.2) is 23.7 Å². The van der Waals surface area contributed by atoms with Crippen LogP contribution in [0.2, 0.25) is 0 Å². The number of hydrogen-bond donors (Lipinski definition) is 2. The SMILES string of the molecule is Cc1nc(NCCNC(=O)Cc2ccc(F)cc2F)cc(-n2ccnc2C)n1. The summed E-state index contributed by atoms with van der Waals surface area (Å²) in [6, 6.07) is 4.95. The second kappa shape index (κ2) is 8.55. The van der Waals surface area contributed by atoms with Crippen molar-refractivity contribution in [2.45, 2.75) is 20.3 Å². The second-order valence-electron chi connectivity index (χ2n) is 6.19. The molecule has 0 spiro atoms. The highest BCUT2D eigenvalue weighted by Gasteiger charge is 2.09. The molecular weight excluding hydrogens is 366 g/mol. The molecule has 0 saturated carbocycles. The van der Waals surface area contributed by atoms with Crippen molar-refractivity contribution in [1.82, 2.24) is 24.8 Å². The molecule has 0 aliphatic carbocycles. The van der Waals surface area contributed by atoms with Gasteiger partial charge in [-0.2, -0.15) is 0 Å². The van der Waals surface area contributed by atoms with E-state index in [-0.39, 0.29) is 17.9 Å². The molecule has 1 aromatic carbocycles. The number of carbonyl (C=O) groups is 1. The van der Waals surface area contributed by atoms with Crippen LogP contribution in [-0.2, 0) is 11.2 Å². The molecule has 146 valence electrons. The van der Waals surface area contributed by atoms with E-state index in [0.29, 0.717) is 30.5 Å². The predicted octanol–water partition coefficient (Wildman–Crippen LogP) is 2.33. The number of halogens is 2. The first-order valence-corrected chi connectivity index (χ1v) is 8.73. The molecule has 0 atom stereocenters. The molecule has 2 heterocycles. The summed E-state index contributed by atoms with van der Waals surface area (Å²) in [5.41, 5.74) is 0.152. The van der Waals surface area contributed by atoms with Crippen molar-refractivity contribution in [1.29, 1.82) is 0 Å². The molecule has 2 N–H and O–H groups in total. The molecule has 0 unspecified atom stereocenters. The van der Waals surface area contributed by atoms with Crippen molar-refractivity contribution in [3.8, 4) is 5.82 Å². The van der Waals surface area contributed by atoms with Crippen molar-refractivity contribution in [2.24, 2.45) is 0 Å². The summed E-state index contributed by atoms with van der Waals surface area (Å²) in [5.74, 6) is 0.979. The van der Waals surface area contributed by atoms with E-state index in [1.165, 1.54) is 6.07 Å². The van der Waals surface area contributed by atoms with Crippen LogP contribution in [0, 0.1) is 25.5 Å². The minimum Gasteiger partial charge on any atom is -0.368 e. The Morgan fingerprint density at radius 1 is 1.14 bits per heavy atom. The van der Waals surface area contributed by atoms with Gasteiger partial charge in [0.1, 0.15) is 34.9 Å². The number of aryl methyl sites for hydroxylation is 2. The normalized spacial score (nSPS) is 10.7. The number of hydrogen-bond acceptors (Lipinski definition) is 5.